The summed E-state index contributed by atoms with van der Waals surface area (Å²) in [6.07, 6.45) is 1.40. The molecule has 0 radical (unpaired) electrons. The minimum Gasteiger partial charge on any atom is -0.496 e. The minimum atomic E-state index is -3.83. The Labute approximate surface area is 189 Å². The number of para-hydroxylation sites is 2. The van der Waals surface area contributed by atoms with Gasteiger partial charge in [0.1, 0.15) is 11.6 Å². The molecule has 3 aromatic carbocycles. The van der Waals surface area contributed by atoms with Gasteiger partial charge in [-0.3, -0.25) is 9.21 Å². The molecule has 0 amide bonds. The third-order valence-electron chi connectivity index (χ3n) is 5.86. The smallest absolute Gasteiger partial charge is 0.264 e. The number of hydrogen-bond acceptors (Lipinski definition) is 4. The zero-order valence-electron chi connectivity index (χ0n) is 18.0. The molecule has 32 heavy (non-hydrogen) atoms. The van der Waals surface area contributed by atoms with Crippen molar-refractivity contribution in [2.45, 2.75) is 30.3 Å². The van der Waals surface area contributed by atoms with Crippen LogP contribution in [0.15, 0.2) is 83.8 Å². The predicted molar refractivity (Wildman–Crippen MR) is 124 cm³/mol. The average molecular weight is 455 g/mol. The zero-order valence-corrected chi connectivity index (χ0v) is 18.8. The molecule has 0 aromatic heterocycles. The molecule has 1 aliphatic heterocycles. The summed E-state index contributed by atoms with van der Waals surface area (Å²) >= 11 is 0. The highest BCUT2D eigenvalue weighted by Crippen LogP contribution is 2.31. The van der Waals surface area contributed by atoms with Crippen molar-refractivity contribution in [2.24, 2.45) is 0 Å². The van der Waals surface area contributed by atoms with E-state index in [-0.39, 0.29) is 10.9 Å². The van der Waals surface area contributed by atoms with E-state index in [1.165, 1.54) is 28.6 Å². The molecule has 0 atom stereocenters. The van der Waals surface area contributed by atoms with Crippen molar-refractivity contribution in [3.05, 3.63) is 90.2 Å². The molecule has 0 spiro atoms. The normalized spacial score (nSPS) is 15.4. The molecule has 3 aromatic rings. The van der Waals surface area contributed by atoms with Gasteiger partial charge < -0.3 is 4.74 Å². The second-order valence-corrected chi connectivity index (χ2v) is 9.72. The molecular formula is C25H27FN2O3S. The lowest BCUT2D eigenvalue weighted by Crippen LogP contribution is -2.47. The van der Waals surface area contributed by atoms with E-state index in [2.05, 4.69) is 11.0 Å². The van der Waals surface area contributed by atoms with Crippen LogP contribution in [0.3, 0.4) is 0 Å². The first kappa shape index (κ1) is 22.3. The Kier molecular flexibility index (Phi) is 6.77. The van der Waals surface area contributed by atoms with Gasteiger partial charge in [0.25, 0.3) is 10.0 Å². The number of sulfonamides is 1. The Hall–Kier alpha value is -2.90. The lowest BCUT2D eigenvalue weighted by molar-refractivity contribution is 0.204. The van der Waals surface area contributed by atoms with Crippen LogP contribution in [0, 0.1) is 5.82 Å². The number of benzene rings is 3. The number of ether oxygens (including phenoxy) is 1. The van der Waals surface area contributed by atoms with Crippen LogP contribution in [-0.4, -0.2) is 39.6 Å². The Bertz CT molecular complexity index is 1130. The van der Waals surface area contributed by atoms with E-state index in [0.29, 0.717) is 18.5 Å². The number of nitrogens with zero attached hydrogens (tertiary/aromatic N) is 2. The van der Waals surface area contributed by atoms with E-state index in [9.17, 15) is 12.8 Å². The molecule has 4 rings (SSSR count). The molecule has 1 fully saturated rings. The van der Waals surface area contributed by atoms with Crippen LogP contribution in [0.1, 0.15) is 18.4 Å². The standard InChI is InChI=1S/C25H27FN2O3S/c1-31-25-10-6-5-7-20(25)19-27-17-15-23(16-18-27)28(22-8-3-2-4-9-22)32(29,30)24-13-11-21(26)12-14-24/h2-14,23H,15-19H2,1H3. The van der Waals surface area contributed by atoms with Crippen LogP contribution in [-0.2, 0) is 16.6 Å². The monoisotopic (exact) mass is 454 g/mol. The summed E-state index contributed by atoms with van der Waals surface area (Å²) in [6, 6.07) is 22.0. The Balaban J connectivity index is 1.55. The molecule has 0 bridgehead atoms. The van der Waals surface area contributed by atoms with Crippen molar-refractivity contribution in [2.75, 3.05) is 24.5 Å². The second kappa shape index (κ2) is 9.71. The van der Waals surface area contributed by atoms with Crippen LogP contribution in [0.5, 0.6) is 5.75 Å². The largest absolute Gasteiger partial charge is 0.496 e. The molecule has 1 aliphatic rings. The predicted octanol–water partition coefficient (Wildman–Crippen LogP) is 4.69. The van der Waals surface area contributed by atoms with Gasteiger partial charge in [-0.25, -0.2) is 12.8 Å². The fourth-order valence-corrected chi connectivity index (χ4v) is 5.94. The van der Waals surface area contributed by atoms with Gasteiger partial charge >= 0.3 is 0 Å². The summed E-state index contributed by atoms with van der Waals surface area (Å²) in [5.41, 5.74) is 1.74. The summed E-state index contributed by atoms with van der Waals surface area (Å²) < 4.78 is 47.5. The summed E-state index contributed by atoms with van der Waals surface area (Å²) in [6.45, 7) is 2.29. The van der Waals surface area contributed by atoms with Gasteiger partial charge in [0.05, 0.1) is 17.7 Å². The SMILES string of the molecule is COc1ccccc1CN1CCC(N(c2ccccc2)S(=O)(=O)c2ccc(F)cc2)CC1. The number of hydrogen-bond donors (Lipinski definition) is 0. The molecule has 168 valence electrons. The van der Waals surface area contributed by atoms with Crippen molar-refractivity contribution >= 4 is 15.7 Å². The van der Waals surface area contributed by atoms with Crippen molar-refractivity contribution in [3.63, 3.8) is 0 Å². The van der Waals surface area contributed by atoms with E-state index in [4.69, 9.17) is 4.74 Å². The number of halogens is 1. The van der Waals surface area contributed by atoms with Crippen LogP contribution >= 0.6 is 0 Å². The van der Waals surface area contributed by atoms with Gasteiger partial charge in [0.2, 0.25) is 0 Å². The highest BCUT2D eigenvalue weighted by molar-refractivity contribution is 7.92. The zero-order chi connectivity index (χ0) is 22.6. The maximum atomic E-state index is 13.6. The van der Waals surface area contributed by atoms with Crippen molar-refractivity contribution in [1.82, 2.24) is 4.90 Å². The average Bonchev–Trinajstić information content (AvgIpc) is 2.81. The minimum absolute atomic E-state index is 0.0965. The lowest BCUT2D eigenvalue weighted by atomic mass is 10.0. The number of methoxy groups -OCH3 is 1. The number of anilines is 1. The van der Waals surface area contributed by atoms with Crippen LogP contribution in [0.2, 0.25) is 0 Å². The van der Waals surface area contributed by atoms with Crippen molar-refractivity contribution in [1.29, 1.82) is 0 Å². The van der Waals surface area contributed by atoms with Crippen LogP contribution < -0.4 is 9.04 Å². The molecule has 1 heterocycles. The molecule has 5 nitrogen and oxygen atoms in total. The van der Waals surface area contributed by atoms with E-state index in [0.717, 1.165) is 30.9 Å². The summed E-state index contributed by atoms with van der Waals surface area (Å²) in [7, 11) is -2.16. The Morgan fingerprint density at radius 2 is 1.56 bits per heavy atom. The first-order valence-electron chi connectivity index (χ1n) is 10.7. The fraction of sp³-hybridized carbons (Fsp3) is 0.280. The molecule has 1 saturated heterocycles. The molecule has 0 unspecified atom stereocenters. The Morgan fingerprint density at radius 1 is 0.938 bits per heavy atom. The lowest BCUT2D eigenvalue weighted by Gasteiger charge is -2.39. The van der Waals surface area contributed by atoms with Gasteiger partial charge in [-0.2, -0.15) is 0 Å². The maximum absolute atomic E-state index is 13.6. The highest BCUT2D eigenvalue weighted by atomic mass is 32.2. The van der Waals surface area contributed by atoms with Gasteiger partial charge in [-0.15, -0.1) is 0 Å². The molecular weight excluding hydrogens is 427 g/mol. The highest BCUT2D eigenvalue weighted by Gasteiger charge is 2.34. The van der Waals surface area contributed by atoms with E-state index in [1.54, 1.807) is 7.11 Å². The summed E-state index contributed by atoms with van der Waals surface area (Å²) in [5, 5.41) is 0. The molecule has 0 saturated carbocycles. The first-order valence-corrected chi connectivity index (χ1v) is 12.1. The quantitative estimate of drug-likeness (QED) is 0.520. The van der Waals surface area contributed by atoms with E-state index < -0.39 is 15.8 Å². The molecule has 7 heteroatoms. The van der Waals surface area contributed by atoms with Crippen molar-refractivity contribution in [3.8, 4) is 5.75 Å². The fourth-order valence-electron chi connectivity index (χ4n) is 4.23. The summed E-state index contributed by atoms with van der Waals surface area (Å²) in [5.74, 6) is 0.402. The van der Waals surface area contributed by atoms with Gasteiger partial charge in [-0.1, -0.05) is 36.4 Å². The first-order chi connectivity index (χ1) is 15.5. The number of piperidine rings is 1. The van der Waals surface area contributed by atoms with Crippen LogP contribution in [0.4, 0.5) is 10.1 Å². The van der Waals surface area contributed by atoms with Crippen LogP contribution in [0.25, 0.3) is 0 Å². The van der Waals surface area contributed by atoms with Crippen molar-refractivity contribution < 1.29 is 17.5 Å². The topological polar surface area (TPSA) is 49.9 Å². The summed E-state index contributed by atoms with van der Waals surface area (Å²) in [4.78, 5) is 2.42. The molecule has 0 N–H and O–H groups in total. The molecule has 0 aliphatic carbocycles. The number of likely N-dealkylation sites (tertiary alicyclic amines) is 1. The second-order valence-electron chi connectivity index (χ2n) is 7.91. The van der Waals surface area contributed by atoms with E-state index in [1.807, 2.05) is 48.5 Å². The van der Waals surface area contributed by atoms with Gasteiger partial charge in [-0.05, 0) is 55.3 Å². The number of rotatable bonds is 7. The third kappa shape index (κ3) is 4.79. The van der Waals surface area contributed by atoms with Gasteiger partial charge in [0, 0.05) is 31.2 Å². The third-order valence-corrected chi connectivity index (χ3v) is 7.75. The van der Waals surface area contributed by atoms with Gasteiger partial charge in [0.15, 0.2) is 0 Å². The maximum Gasteiger partial charge on any atom is 0.264 e. The van der Waals surface area contributed by atoms with E-state index >= 15 is 0 Å². The Morgan fingerprint density at radius 3 is 2.22 bits per heavy atom.